The van der Waals surface area contributed by atoms with Crippen molar-refractivity contribution in [1.82, 2.24) is 5.32 Å². The maximum absolute atomic E-state index is 10.5. The molecule has 6 nitrogen and oxygen atoms in total. The Kier molecular flexibility index (Phi) is 8.17. The number of aromatic hydroxyl groups is 1. The lowest BCUT2D eigenvalue weighted by Gasteiger charge is -2.23. The second-order valence-corrected chi connectivity index (χ2v) is 7.92. The smallest absolute Gasteiger partial charge is 0.161 e. The average Bonchev–Trinajstić information content (AvgIpc) is 2.67. The van der Waals surface area contributed by atoms with E-state index in [2.05, 4.69) is 31.4 Å². The van der Waals surface area contributed by atoms with Crippen LogP contribution in [0, 0.1) is 0 Å². The molecule has 0 saturated heterocycles. The molecule has 0 aliphatic heterocycles. The van der Waals surface area contributed by atoms with Crippen molar-refractivity contribution in [3.05, 3.63) is 47.5 Å². The summed E-state index contributed by atoms with van der Waals surface area (Å²) in [5.74, 6) is 1.56. The quantitative estimate of drug-likeness (QED) is 0.445. The molecular formula is C23H34N2O4. The molecule has 0 aliphatic rings. The molecule has 0 saturated carbocycles. The molecule has 2 rings (SSSR count). The number of benzene rings is 2. The molecular weight excluding hydrogens is 368 g/mol. The molecule has 0 heterocycles. The number of aliphatic hydroxyl groups is 1. The molecule has 2 aromatic rings. The Balaban J connectivity index is 2.09. The van der Waals surface area contributed by atoms with E-state index in [0.29, 0.717) is 37.7 Å². The summed E-state index contributed by atoms with van der Waals surface area (Å²) in [6.07, 6.45) is -0.662. The standard InChI is InChI=1S/C23H34N2O4/c1-6-28-21-11-8-16(12-22(21)29-7-2)14-24-18-13-17(9-10-19(18)26)20(27)15-25-23(3,4)5/h8-13,20,24-27H,6-7,14-15H2,1-5H3. The fraction of sp³-hybridized carbons (Fsp3) is 0.478. The number of phenolic OH excluding ortho intramolecular Hbond substituents is 1. The molecule has 2 aromatic carbocycles. The van der Waals surface area contributed by atoms with Gasteiger partial charge in [0.2, 0.25) is 0 Å². The van der Waals surface area contributed by atoms with Crippen LogP contribution in [0.5, 0.6) is 17.2 Å². The van der Waals surface area contributed by atoms with Crippen molar-refractivity contribution < 1.29 is 19.7 Å². The molecule has 29 heavy (non-hydrogen) atoms. The third-order valence-corrected chi connectivity index (χ3v) is 4.32. The molecule has 0 bridgehead atoms. The van der Waals surface area contributed by atoms with E-state index in [1.54, 1.807) is 18.2 Å². The fourth-order valence-corrected chi connectivity index (χ4v) is 2.83. The summed E-state index contributed by atoms with van der Waals surface area (Å²) < 4.78 is 11.3. The summed E-state index contributed by atoms with van der Waals surface area (Å²) in [7, 11) is 0. The largest absolute Gasteiger partial charge is 0.506 e. The second kappa shape index (κ2) is 10.4. The number of anilines is 1. The van der Waals surface area contributed by atoms with Gasteiger partial charge in [-0.1, -0.05) is 12.1 Å². The first-order valence-electron chi connectivity index (χ1n) is 10.1. The lowest BCUT2D eigenvalue weighted by molar-refractivity contribution is 0.163. The summed E-state index contributed by atoms with van der Waals surface area (Å²) in [5.41, 5.74) is 2.23. The van der Waals surface area contributed by atoms with E-state index < -0.39 is 6.10 Å². The minimum atomic E-state index is -0.662. The van der Waals surface area contributed by atoms with Crippen LogP contribution in [0.4, 0.5) is 5.69 Å². The number of phenols is 1. The topological polar surface area (TPSA) is 83.0 Å². The molecule has 4 N–H and O–H groups in total. The highest BCUT2D eigenvalue weighted by atomic mass is 16.5. The third kappa shape index (κ3) is 7.15. The van der Waals surface area contributed by atoms with E-state index in [0.717, 1.165) is 16.9 Å². The Morgan fingerprint density at radius 2 is 1.66 bits per heavy atom. The van der Waals surface area contributed by atoms with Crippen LogP contribution in [0.25, 0.3) is 0 Å². The van der Waals surface area contributed by atoms with Gasteiger partial charge in [-0.3, -0.25) is 0 Å². The molecule has 160 valence electrons. The first-order chi connectivity index (χ1) is 13.7. The van der Waals surface area contributed by atoms with Gasteiger partial charge in [0.1, 0.15) is 5.75 Å². The van der Waals surface area contributed by atoms with Crippen molar-refractivity contribution in [1.29, 1.82) is 0 Å². The Bertz CT molecular complexity index is 787. The fourth-order valence-electron chi connectivity index (χ4n) is 2.83. The van der Waals surface area contributed by atoms with Gasteiger partial charge in [0.15, 0.2) is 11.5 Å². The van der Waals surface area contributed by atoms with Gasteiger partial charge in [0.25, 0.3) is 0 Å². The van der Waals surface area contributed by atoms with Crippen LogP contribution in [0.2, 0.25) is 0 Å². The highest BCUT2D eigenvalue weighted by Gasteiger charge is 2.15. The van der Waals surface area contributed by atoms with Gasteiger partial charge in [-0.2, -0.15) is 0 Å². The van der Waals surface area contributed by atoms with Crippen LogP contribution in [0.15, 0.2) is 36.4 Å². The third-order valence-electron chi connectivity index (χ3n) is 4.32. The number of hydrogen-bond acceptors (Lipinski definition) is 6. The number of hydrogen-bond donors (Lipinski definition) is 4. The van der Waals surface area contributed by atoms with E-state index in [1.807, 2.05) is 32.0 Å². The van der Waals surface area contributed by atoms with Crippen molar-refractivity contribution in [2.24, 2.45) is 0 Å². The van der Waals surface area contributed by atoms with Gasteiger partial charge >= 0.3 is 0 Å². The lowest BCUT2D eigenvalue weighted by Crippen LogP contribution is -2.38. The highest BCUT2D eigenvalue weighted by Crippen LogP contribution is 2.31. The Morgan fingerprint density at radius 3 is 2.31 bits per heavy atom. The molecule has 1 atom stereocenters. The SMILES string of the molecule is CCOc1ccc(CNc2cc(C(O)CNC(C)(C)C)ccc2O)cc1OCC. The molecule has 6 heteroatoms. The number of nitrogens with one attached hydrogen (secondary N) is 2. The van der Waals surface area contributed by atoms with E-state index in [1.165, 1.54) is 0 Å². The monoisotopic (exact) mass is 402 g/mol. The van der Waals surface area contributed by atoms with Crippen molar-refractivity contribution in [3.8, 4) is 17.2 Å². The van der Waals surface area contributed by atoms with Gasteiger partial charge in [-0.25, -0.2) is 0 Å². The Hall–Kier alpha value is -2.44. The predicted molar refractivity (Wildman–Crippen MR) is 117 cm³/mol. The van der Waals surface area contributed by atoms with E-state index in [9.17, 15) is 10.2 Å². The van der Waals surface area contributed by atoms with E-state index in [4.69, 9.17) is 9.47 Å². The maximum Gasteiger partial charge on any atom is 0.161 e. The van der Waals surface area contributed by atoms with Crippen molar-refractivity contribution in [3.63, 3.8) is 0 Å². The zero-order valence-electron chi connectivity index (χ0n) is 18.1. The molecule has 0 amide bonds. The van der Waals surface area contributed by atoms with Crippen LogP contribution >= 0.6 is 0 Å². The minimum Gasteiger partial charge on any atom is -0.506 e. The molecule has 1 unspecified atom stereocenters. The highest BCUT2D eigenvalue weighted by molar-refractivity contribution is 5.58. The molecule has 0 aromatic heterocycles. The van der Waals surface area contributed by atoms with Gasteiger partial charge < -0.3 is 30.3 Å². The normalized spacial score (nSPS) is 12.5. The van der Waals surface area contributed by atoms with Crippen molar-refractivity contribution >= 4 is 5.69 Å². The van der Waals surface area contributed by atoms with Gasteiger partial charge in [0.05, 0.1) is 25.0 Å². The van der Waals surface area contributed by atoms with E-state index >= 15 is 0 Å². The van der Waals surface area contributed by atoms with Crippen LogP contribution in [-0.4, -0.2) is 35.5 Å². The molecule has 0 radical (unpaired) electrons. The zero-order chi connectivity index (χ0) is 21.4. The number of ether oxygens (including phenoxy) is 2. The van der Waals surface area contributed by atoms with Gasteiger partial charge in [0, 0.05) is 18.6 Å². The summed E-state index contributed by atoms with van der Waals surface area (Å²) in [5, 5.41) is 27.2. The second-order valence-electron chi connectivity index (χ2n) is 7.92. The zero-order valence-corrected chi connectivity index (χ0v) is 18.1. The summed E-state index contributed by atoms with van der Waals surface area (Å²) in [6, 6.07) is 10.9. The molecule has 0 aliphatic carbocycles. The van der Waals surface area contributed by atoms with Crippen molar-refractivity contribution in [2.75, 3.05) is 25.1 Å². The number of aliphatic hydroxyl groups excluding tert-OH is 1. The Labute approximate surface area is 173 Å². The van der Waals surface area contributed by atoms with Crippen molar-refractivity contribution in [2.45, 2.75) is 52.8 Å². The lowest BCUT2D eigenvalue weighted by atomic mass is 10.1. The first kappa shape index (κ1) is 22.8. The van der Waals surface area contributed by atoms with Gasteiger partial charge in [-0.05, 0) is 70.0 Å². The summed E-state index contributed by atoms with van der Waals surface area (Å²) in [6.45, 7) is 12.1. The van der Waals surface area contributed by atoms with E-state index in [-0.39, 0.29) is 11.3 Å². The molecule has 0 spiro atoms. The Morgan fingerprint density at radius 1 is 0.966 bits per heavy atom. The predicted octanol–water partition coefficient (Wildman–Crippen LogP) is 4.22. The van der Waals surface area contributed by atoms with Crippen LogP contribution in [0.1, 0.15) is 51.8 Å². The number of β-amino-alcohol motifs (C(OH)–C–C–N with tert-alkyl or cyclic N) is 1. The van der Waals surface area contributed by atoms with Crippen LogP contribution in [-0.2, 0) is 6.54 Å². The maximum atomic E-state index is 10.5. The average molecular weight is 403 g/mol. The van der Waals surface area contributed by atoms with Crippen LogP contribution in [0.3, 0.4) is 0 Å². The first-order valence-corrected chi connectivity index (χ1v) is 10.1. The van der Waals surface area contributed by atoms with Gasteiger partial charge in [-0.15, -0.1) is 0 Å². The minimum absolute atomic E-state index is 0.0785. The summed E-state index contributed by atoms with van der Waals surface area (Å²) >= 11 is 0. The summed E-state index contributed by atoms with van der Waals surface area (Å²) in [4.78, 5) is 0. The molecule has 0 fully saturated rings. The number of rotatable bonds is 10. The van der Waals surface area contributed by atoms with Crippen LogP contribution < -0.4 is 20.1 Å².